The van der Waals surface area contributed by atoms with Crippen LogP contribution in [0.15, 0.2) is 52.4 Å². The molecule has 2 aromatic rings. The lowest BCUT2D eigenvalue weighted by atomic mass is 10.1. The van der Waals surface area contributed by atoms with E-state index in [1.807, 2.05) is 69.3 Å². The number of rotatable bonds is 8. The summed E-state index contributed by atoms with van der Waals surface area (Å²) < 4.78 is 16.5. The van der Waals surface area contributed by atoms with Crippen LogP contribution < -0.4 is 14.2 Å². The Bertz CT molecular complexity index is 954. The Morgan fingerprint density at radius 3 is 2.33 bits per heavy atom. The molecule has 1 fully saturated rings. The van der Waals surface area contributed by atoms with Gasteiger partial charge in [-0.2, -0.15) is 0 Å². The zero-order valence-electron chi connectivity index (χ0n) is 17.7. The molecular formula is C23H26N2O4S. The molecule has 0 unspecified atom stereocenters. The van der Waals surface area contributed by atoms with Crippen molar-refractivity contribution in [2.45, 2.75) is 20.8 Å². The first-order valence-electron chi connectivity index (χ1n) is 9.93. The molecule has 0 N–H and O–H groups in total. The molecule has 0 aliphatic carbocycles. The molecule has 1 saturated heterocycles. The summed E-state index contributed by atoms with van der Waals surface area (Å²) in [5.74, 6) is 2.13. The van der Waals surface area contributed by atoms with Crippen LogP contribution in [0, 0.1) is 0 Å². The second-order valence-electron chi connectivity index (χ2n) is 6.32. The molecule has 0 atom stereocenters. The number of aliphatic imine (C=N–C) groups is 1. The summed E-state index contributed by atoms with van der Waals surface area (Å²) in [6.07, 6.45) is 1.85. The number of amidine groups is 1. The van der Waals surface area contributed by atoms with Crippen LogP contribution in [0.25, 0.3) is 6.08 Å². The number of nitrogens with zero attached hydrogens (tertiary/aromatic N) is 2. The largest absolute Gasteiger partial charge is 0.497 e. The Labute approximate surface area is 181 Å². The van der Waals surface area contributed by atoms with Crippen LogP contribution in [0.1, 0.15) is 26.3 Å². The minimum absolute atomic E-state index is 0.0638. The van der Waals surface area contributed by atoms with Crippen LogP contribution in [-0.2, 0) is 4.79 Å². The van der Waals surface area contributed by atoms with Crippen molar-refractivity contribution in [2.24, 2.45) is 4.99 Å². The van der Waals surface area contributed by atoms with Gasteiger partial charge in [0.15, 0.2) is 5.17 Å². The monoisotopic (exact) mass is 426 g/mol. The minimum Gasteiger partial charge on any atom is -0.497 e. The van der Waals surface area contributed by atoms with E-state index in [0.717, 1.165) is 22.7 Å². The van der Waals surface area contributed by atoms with E-state index in [0.29, 0.717) is 35.6 Å². The predicted octanol–water partition coefficient (Wildman–Crippen LogP) is 5.12. The van der Waals surface area contributed by atoms with Gasteiger partial charge >= 0.3 is 0 Å². The number of carbonyl (C=O) groups is 1. The maximum absolute atomic E-state index is 13.0. The Morgan fingerprint density at radius 1 is 1.00 bits per heavy atom. The normalized spacial score (nSPS) is 16.4. The first-order valence-corrected chi connectivity index (χ1v) is 10.7. The molecule has 2 aromatic carbocycles. The van der Waals surface area contributed by atoms with Crippen molar-refractivity contribution < 1.29 is 19.0 Å². The third-order valence-electron chi connectivity index (χ3n) is 4.38. The molecule has 1 aliphatic heterocycles. The molecule has 7 heteroatoms. The molecule has 6 nitrogen and oxygen atoms in total. The fourth-order valence-corrected chi connectivity index (χ4v) is 4.00. The molecule has 0 saturated carbocycles. The highest BCUT2D eigenvalue weighted by atomic mass is 32.2. The van der Waals surface area contributed by atoms with E-state index in [1.165, 1.54) is 11.8 Å². The average Bonchev–Trinajstić information content (AvgIpc) is 3.04. The standard InChI is InChI=1S/C23H26N2O4S/c1-5-25-22(26)21(30-23(25)24-17-9-12-18(27-4)13-10-17)14-16-8-11-19(28-6-2)15-20(16)29-7-3/h8-15H,5-7H2,1-4H3/b21-14-,24-23?. The van der Waals surface area contributed by atoms with E-state index in [2.05, 4.69) is 4.99 Å². The SMILES string of the molecule is CCOc1ccc(/C=C2\SC(=Nc3ccc(OC)cc3)N(CC)C2=O)c(OCC)c1. The molecule has 3 rings (SSSR count). The van der Waals surface area contributed by atoms with Crippen LogP contribution >= 0.6 is 11.8 Å². The quantitative estimate of drug-likeness (QED) is 0.549. The molecule has 30 heavy (non-hydrogen) atoms. The van der Waals surface area contributed by atoms with Gasteiger partial charge in [0, 0.05) is 18.2 Å². The Hall–Kier alpha value is -2.93. The molecule has 1 amide bonds. The van der Waals surface area contributed by atoms with Crippen molar-refractivity contribution in [1.29, 1.82) is 0 Å². The molecule has 0 radical (unpaired) electrons. The summed E-state index contributed by atoms with van der Waals surface area (Å²) in [7, 11) is 1.62. The van der Waals surface area contributed by atoms with Gasteiger partial charge in [0.25, 0.3) is 5.91 Å². The van der Waals surface area contributed by atoms with Crippen LogP contribution in [0.4, 0.5) is 5.69 Å². The Morgan fingerprint density at radius 2 is 1.70 bits per heavy atom. The van der Waals surface area contributed by atoms with Crippen LogP contribution in [-0.4, -0.2) is 42.8 Å². The Balaban J connectivity index is 1.92. The molecular weight excluding hydrogens is 400 g/mol. The number of likely N-dealkylation sites (N-methyl/N-ethyl adjacent to an activating group) is 1. The lowest BCUT2D eigenvalue weighted by molar-refractivity contribution is -0.122. The summed E-state index contributed by atoms with van der Waals surface area (Å²) in [6.45, 7) is 7.45. The topological polar surface area (TPSA) is 60.4 Å². The number of hydrogen-bond donors (Lipinski definition) is 0. The molecule has 0 aromatic heterocycles. The summed E-state index contributed by atoms with van der Waals surface area (Å²) >= 11 is 1.36. The van der Waals surface area contributed by atoms with Gasteiger partial charge in [0.05, 0.1) is 30.9 Å². The molecule has 1 heterocycles. The molecule has 0 spiro atoms. The van der Waals surface area contributed by atoms with E-state index in [-0.39, 0.29) is 5.91 Å². The van der Waals surface area contributed by atoms with Gasteiger partial charge in [0.1, 0.15) is 17.2 Å². The number of benzene rings is 2. The fraction of sp³-hybridized carbons (Fsp3) is 0.304. The first-order chi connectivity index (χ1) is 14.6. The van der Waals surface area contributed by atoms with Gasteiger partial charge in [-0.25, -0.2) is 4.99 Å². The van der Waals surface area contributed by atoms with E-state index in [4.69, 9.17) is 14.2 Å². The Kier molecular flexibility index (Phi) is 7.41. The number of carbonyl (C=O) groups excluding carboxylic acids is 1. The van der Waals surface area contributed by atoms with Crippen molar-refractivity contribution >= 4 is 34.6 Å². The van der Waals surface area contributed by atoms with Gasteiger partial charge in [-0.3, -0.25) is 9.69 Å². The van der Waals surface area contributed by atoms with E-state index in [1.54, 1.807) is 12.0 Å². The van der Waals surface area contributed by atoms with Crippen LogP contribution in [0.5, 0.6) is 17.2 Å². The third kappa shape index (κ3) is 4.97. The van der Waals surface area contributed by atoms with Gasteiger partial charge in [-0.15, -0.1) is 0 Å². The van der Waals surface area contributed by atoms with Crippen molar-refractivity contribution in [3.63, 3.8) is 0 Å². The number of amides is 1. The van der Waals surface area contributed by atoms with Gasteiger partial charge < -0.3 is 14.2 Å². The molecule has 158 valence electrons. The van der Waals surface area contributed by atoms with E-state index >= 15 is 0 Å². The number of thioether (sulfide) groups is 1. The zero-order chi connectivity index (χ0) is 21.5. The molecule has 1 aliphatic rings. The second kappa shape index (κ2) is 10.2. The van der Waals surface area contributed by atoms with E-state index in [9.17, 15) is 4.79 Å². The highest BCUT2D eigenvalue weighted by Gasteiger charge is 2.32. The lowest BCUT2D eigenvalue weighted by Crippen LogP contribution is -2.28. The van der Waals surface area contributed by atoms with Gasteiger partial charge in [-0.05, 0) is 75.0 Å². The van der Waals surface area contributed by atoms with E-state index < -0.39 is 0 Å². The average molecular weight is 427 g/mol. The van der Waals surface area contributed by atoms with Gasteiger partial charge in [0.2, 0.25) is 0 Å². The van der Waals surface area contributed by atoms with Gasteiger partial charge in [-0.1, -0.05) is 0 Å². The summed E-state index contributed by atoms with van der Waals surface area (Å²) in [6, 6.07) is 13.1. The smallest absolute Gasteiger partial charge is 0.266 e. The van der Waals surface area contributed by atoms with Crippen molar-refractivity contribution in [3.8, 4) is 17.2 Å². The maximum atomic E-state index is 13.0. The third-order valence-corrected chi connectivity index (χ3v) is 5.39. The highest BCUT2D eigenvalue weighted by molar-refractivity contribution is 8.18. The minimum atomic E-state index is -0.0638. The number of hydrogen-bond acceptors (Lipinski definition) is 6. The maximum Gasteiger partial charge on any atom is 0.266 e. The summed E-state index contributed by atoms with van der Waals surface area (Å²) in [5, 5.41) is 0.655. The van der Waals surface area contributed by atoms with Crippen molar-refractivity contribution in [2.75, 3.05) is 26.9 Å². The first kappa shape index (κ1) is 21.8. The second-order valence-corrected chi connectivity index (χ2v) is 7.33. The fourth-order valence-electron chi connectivity index (χ4n) is 2.95. The predicted molar refractivity (Wildman–Crippen MR) is 122 cm³/mol. The van der Waals surface area contributed by atoms with Crippen LogP contribution in [0.3, 0.4) is 0 Å². The van der Waals surface area contributed by atoms with Crippen LogP contribution in [0.2, 0.25) is 0 Å². The molecule has 0 bridgehead atoms. The highest BCUT2D eigenvalue weighted by Crippen LogP contribution is 2.36. The number of methoxy groups -OCH3 is 1. The summed E-state index contributed by atoms with van der Waals surface area (Å²) in [4.78, 5) is 19.9. The zero-order valence-corrected chi connectivity index (χ0v) is 18.5. The van der Waals surface area contributed by atoms with Crippen molar-refractivity contribution in [3.05, 3.63) is 52.9 Å². The summed E-state index contributed by atoms with van der Waals surface area (Å²) in [5.41, 5.74) is 1.60. The number of ether oxygens (including phenoxy) is 3. The lowest BCUT2D eigenvalue weighted by Gasteiger charge is -2.12. The van der Waals surface area contributed by atoms with Crippen molar-refractivity contribution in [1.82, 2.24) is 4.90 Å².